The number of fused-ring (bicyclic) bond motifs is 2. The second-order valence-corrected chi connectivity index (χ2v) is 6.72. The van der Waals surface area contributed by atoms with E-state index in [9.17, 15) is 4.79 Å². The van der Waals surface area contributed by atoms with Gasteiger partial charge in [0.1, 0.15) is 0 Å². The summed E-state index contributed by atoms with van der Waals surface area (Å²) >= 11 is 0. The number of nitrogens with one attached hydrogen (secondary N) is 2. The lowest BCUT2D eigenvalue weighted by Gasteiger charge is -2.29. The first-order valence-electron chi connectivity index (χ1n) is 7.61. The number of nitrogens with zero attached hydrogens (tertiary/aromatic N) is 3. The Hall–Kier alpha value is -2.76. The van der Waals surface area contributed by atoms with E-state index in [2.05, 4.69) is 39.1 Å². The van der Waals surface area contributed by atoms with Crippen molar-refractivity contribution in [1.82, 2.24) is 19.9 Å². The van der Waals surface area contributed by atoms with E-state index in [0.717, 1.165) is 23.1 Å². The molecule has 116 valence electrons. The zero-order chi connectivity index (χ0) is 16.0. The molecule has 0 fully saturated rings. The molecule has 3 aromatic rings. The summed E-state index contributed by atoms with van der Waals surface area (Å²) in [5.41, 5.74) is 3.21. The van der Waals surface area contributed by atoms with E-state index in [1.54, 1.807) is 6.20 Å². The number of benzene rings is 1. The minimum atomic E-state index is -0.0604. The van der Waals surface area contributed by atoms with Gasteiger partial charge in [-0.2, -0.15) is 0 Å². The molecule has 0 aliphatic heterocycles. The Labute approximate surface area is 133 Å². The topological polar surface area (TPSA) is 83.6 Å². The molecule has 1 aliphatic carbocycles. The van der Waals surface area contributed by atoms with Gasteiger partial charge >= 0.3 is 0 Å². The molecule has 2 aromatic heterocycles. The SMILES string of the molecule is CC1(C)CC(=O)c2cnc(Nc3nc4ccccc4[nH]3)nc2C1. The molecule has 0 atom stereocenters. The number of carbonyl (C=O) groups is 1. The monoisotopic (exact) mass is 307 g/mol. The average Bonchev–Trinajstić information content (AvgIpc) is 2.87. The molecule has 0 saturated carbocycles. The zero-order valence-electron chi connectivity index (χ0n) is 13.1. The molecule has 1 aliphatic rings. The number of ketones is 1. The molecular weight excluding hydrogens is 290 g/mol. The van der Waals surface area contributed by atoms with Crippen molar-refractivity contribution >= 4 is 28.7 Å². The fourth-order valence-electron chi connectivity index (χ4n) is 3.01. The van der Waals surface area contributed by atoms with Crippen LogP contribution in [-0.4, -0.2) is 25.7 Å². The van der Waals surface area contributed by atoms with Crippen LogP contribution in [-0.2, 0) is 6.42 Å². The minimum Gasteiger partial charge on any atom is -0.324 e. The van der Waals surface area contributed by atoms with Crippen molar-refractivity contribution < 1.29 is 4.79 Å². The summed E-state index contributed by atoms with van der Waals surface area (Å²) in [7, 11) is 0. The Morgan fingerprint density at radius 2 is 2.00 bits per heavy atom. The average molecular weight is 307 g/mol. The number of anilines is 2. The third-order valence-electron chi connectivity index (χ3n) is 4.07. The molecule has 1 aromatic carbocycles. The third kappa shape index (κ3) is 2.56. The van der Waals surface area contributed by atoms with E-state index in [-0.39, 0.29) is 11.2 Å². The Kier molecular flexibility index (Phi) is 2.94. The van der Waals surface area contributed by atoms with Gasteiger partial charge in [0, 0.05) is 12.6 Å². The van der Waals surface area contributed by atoms with Crippen LogP contribution in [0, 0.1) is 5.41 Å². The van der Waals surface area contributed by atoms with Crippen LogP contribution in [0.25, 0.3) is 11.0 Å². The largest absolute Gasteiger partial charge is 0.324 e. The number of hydrogen-bond donors (Lipinski definition) is 2. The second kappa shape index (κ2) is 4.87. The molecule has 0 amide bonds. The van der Waals surface area contributed by atoms with E-state index in [4.69, 9.17) is 0 Å². The maximum absolute atomic E-state index is 12.2. The molecule has 2 N–H and O–H groups in total. The molecule has 2 heterocycles. The summed E-state index contributed by atoms with van der Waals surface area (Å²) in [5.74, 6) is 1.16. The highest BCUT2D eigenvalue weighted by Gasteiger charge is 2.32. The molecule has 6 heteroatoms. The van der Waals surface area contributed by atoms with Gasteiger partial charge in [0.25, 0.3) is 0 Å². The molecule has 4 rings (SSSR count). The highest BCUT2D eigenvalue weighted by Crippen LogP contribution is 2.33. The van der Waals surface area contributed by atoms with Gasteiger partial charge in [0.2, 0.25) is 11.9 Å². The van der Waals surface area contributed by atoms with Crippen LogP contribution < -0.4 is 5.32 Å². The van der Waals surface area contributed by atoms with Gasteiger partial charge in [-0.05, 0) is 24.0 Å². The lowest BCUT2D eigenvalue weighted by atomic mass is 9.76. The number of carbonyl (C=O) groups excluding carboxylic acids is 1. The number of hydrogen-bond acceptors (Lipinski definition) is 5. The zero-order valence-corrected chi connectivity index (χ0v) is 13.1. The summed E-state index contributed by atoms with van der Waals surface area (Å²) in [6.45, 7) is 4.17. The molecular formula is C17H17N5O. The minimum absolute atomic E-state index is 0.0604. The van der Waals surface area contributed by atoms with Gasteiger partial charge in [-0.15, -0.1) is 0 Å². The first kappa shape index (κ1) is 13.9. The number of Topliss-reactive ketones (excluding diaryl/α,β-unsaturated/α-hetero) is 1. The Morgan fingerprint density at radius 3 is 2.83 bits per heavy atom. The van der Waals surface area contributed by atoms with Crippen LogP contribution in [0.2, 0.25) is 0 Å². The van der Waals surface area contributed by atoms with Crippen molar-refractivity contribution in [1.29, 1.82) is 0 Å². The molecule has 0 unspecified atom stereocenters. The lowest BCUT2D eigenvalue weighted by molar-refractivity contribution is 0.0910. The van der Waals surface area contributed by atoms with Crippen molar-refractivity contribution in [2.45, 2.75) is 26.7 Å². The molecule has 0 radical (unpaired) electrons. The molecule has 0 saturated heterocycles. The number of aromatic amines is 1. The van der Waals surface area contributed by atoms with E-state index in [1.807, 2.05) is 24.3 Å². The van der Waals surface area contributed by atoms with Crippen LogP contribution in [0.5, 0.6) is 0 Å². The number of H-pyrrole nitrogens is 1. The van der Waals surface area contributed by atoms with Crippen molar-refractivity contribution in [3.63, 3.8) is 0 Å². The maximum atomic E-state index is 12.2. The first-order valence-corrected chi connectivity index (χ1v) is 7.61. The predicted octanol–water partition coefficient (Wildman–Crippen LogP) is 3.25. The standard InChI is InChI=1S/C17H17N5O/c1-17(2)7-13-10(14(23)8-17)9-18-15(21-13)22-16-19-11-5-3-4-6-12(11)20-16/h3-6,9H,7-8H2,1-2H3,(H2,18,19,20,21,22). The van der Waals surface area contributed by atoms with Crippen LogP contribution in [0.15, 0.2) is 30.5 Å². The number of aromatic nitrogens is 4. The highest BCUT2D eigenvalue weighted by molar-refractivity contribution is 5.98. The van der Waals surface area contributed by atoms with Gasteiger partial charge in [0.05, 0.1) is 22.3 Å². The van der Waals surface area contributed by atoms with Crippen molar-refractivity contribution in [2.24, 2.45) is 5.41 Å². The summed E-state index contributed by atoms with van der Waals surface area (Å²) in [4.78, 5) is 28.6. The molecule has 0 bridgehead atoms. The summed E-state index contributed by atoms with van der Waals surface area (Å²) in [5, 5.41) is 3.09. The van der Waals surface area contributed by atoms with Gasteiger partial charge in [-0.1, -0.05) is 26.0 Å². The van der Waals surface area contributed by atoms with E-state index in [1.165, 1.54) is 0 Å². The van der Waals surface area contributed by atoms with E-state index < -0.39 is 0 Å². The third-order valence-corrected chi connectivity index (χ3v) is 4.07. The summed E-state index contributed by atoms with van der Waals surface area (Å²) in [6.07, 6.45) is 2.93. The second-order valence-electron chi connectivity index (χ2n) is 6.72. The van der Waals surface area contributed by atoms with Crippen LogP contribution in [0.3, 0.4) is 0 Å². The summed E-state index contributed by atoms with van der Waals surface area (Å²) < 4.78 is 0. The van der Waals surface area contributed by atoms with Crippen LogP contribution in [0.4, 0.5) is 11.9 Å². The molecule has 6 nitrogen and oxygen atoms in total. The van der Waals surface area contributed by atoms with Gasteiger partial charge in [-0.25, -0.2) is 15.0 Å². The van der Waals surface area contributed by atoms with E-state index >= 15 is 0 Å². The Morgan fingerprint density at radius 1 is 1.17 bits per heavy atom. The maximum Gasteiger partial charge on any atom is 0.229 e. The summed E-state index contributed by atoms with van der Waals surface area (Å²) in [6, 6.07) is 7.79. The van der Waals surface area contributed by atoms with Gasteiger partial charge in [-0.3, -0.25) is 10.1 Å². The van der Waals surface area contributed by atoms with Crippen molar-refractivity contribution in [3.05, 3.63) is 41.7 Å². The predicted molar refractivity (Wildman–Crippen MR) is 87.8 cm³/mol. The fourth-order valence-corrected chi connectivity index (χ4v) is 3.01. The smallest absolute Gasteiger partial charge is 0.229 e. The highest BCUT2D eigenvalue weighted by atomic mass is 16.1. The quantitative estimate of drug-likeness (QED) is 0.759. The normalized spacial score (nSPS) is 16.3. The number of para-hydroxylation sites is 2. The fraction of sp³-hybridized carbons (Fsp3) is 0.294. The van der Waals surface area contributed by atoms with Crippen LogP contribution >= 0.6 is 0 Å². The van der Waals surface area contributed by atoms with E-state index in [0.29, 0.717) is 23.9 Å². The van der Waals surface area contributed by atoms with Gasteiger partial charge in [0.15, 0.2) is 5.78 Å². The Balaban J connectivity index is 1.66. The number of rotatable bonds is 2. The first-order chi connectivity index (χ1) is 11.0. The van der Waals surface area contributed by atoms with Gasteiger partial charge < -0.3 is 4.98 Å². The number of imidazole rings is 1. The molecule has 0 spiro atoms. The van der Waals surface area contributed by atoms with Crippen molar-refractivity contribution in [2.75, 3.05) is 5.32 Å². The lowest BCUT2D eigenvalue weighted by Crippen LogP contribution is -2.28. The van der Waals surface area contributed by atoms with Crippen molar-refractivity contribution in [3.8, 4) is 0 Å². The van der Waals surface area contributed by atoms with Crippen LogP contribution in [0.1, 0.15) is 36.3 Å². The molecule has 23 heavy (non-hydrogen) atoms. The Bertz CT molecular complexity index is 879.